The molecule has 0 fully saturated rings. The summed E-state index contributed by atoms with van der Waals surface area (Å²) < 4.78 is 23.5. The van der Waals surface area contributed by atoms with E-state index < -0.39 is 10.0 Å². The van der Waals surface area contributed by atoms with E-state index in [-0.39, 0.29) is 0 Å². The minimum Gasteiger partial charge on any atom is -0.272 e. The first-order chi connectivity index (χ1) is 5.91. The topological polar surface area (TPSA) is 50.3 Å². The average Bonchev–Trinajstić information content (AvgIpc) is 2.01. The van der Waals surface area contributed by atoms with Crippen molar-refractivity contribution in [2.45, 2.75) is 6.92 Å². The van der Waals surface area contributed by atoms with Gasteiger partial charge in [-0.25, -0.2) is 8.42 Å². The van der Waals surface area contributed by atoms with Gasteiger partial charge in [0.1, 0.15) is 0 Å². The van der Waals surface area contributed by atoms with Gasteiger partial charge in [-0.15, -0.1) is 0 Å². The van der Waals surface area contributed by atoms with Crippen molar-refractivity contribution >= 4 is 15.7 Å². The molecule has 1 aromatic rings. The van der Waals surface area contributed by atoms with Gasteiger partial charge in [-0.1, -0.05) is 0 Å². The molecule has 0 aliphatic rings. The molecule has 0 amide bonds. The van der Waals surface area contributed by atoms with Crippen molar-refractivity contribution in [1.29, 1.82) is 0 Å². The second-order valence-electron chi connectivity index (χ2n) is 2.95. The number of pyridine rings is 1. The van der Waals surface area contributed by atoms with E-state index in [0.717, 1.165) is 11.8 Å². The Morgan fingerprint density at radius 3 is 2.46 bits per heavy atom. The number of aromatic nitrogens is 1. The lowest BCUT2D eigenvalue weighted by Gasteiger charge is -2.15. The molecule has 0 saturated carbocycles. The Balaban J connectivity index is 3.10. The van der Waals surface area contributed by atoms with Gasteiger partial charge in [0, 0.05) is 13.2 Å². The summed E-state index contributed by atoms with van der Waals surface area (Å²) >= 11 is 0. The molecule has 0 atom stereocenters. The number of hydrogen-bond donors (Lipinski definition) is 0. The van der Waals surface area contributed by atoms with Crippen molar-refractivity contribution in [2.24, 2.45) is 0 Å². The second-order valence-corrected chi connectivity index (χ2v) is 4.96. The molecular weight excluding hydrogens is 188 g/mol. The van der Waals surface area contributed by atoms with Crippen LogP contribution in [0.25, 0.3) is 0 Å². The first kappa shape index (κ1) is 9.98. The molecule has 0 unspecified atom stereocenters. The highest BCUT2D eigenvalue weighted by Gasteiger charge is 2.11. The Labute approximate surface area is 78.3 Å². The summed E-state index contributed by atoms with van der Waals surface area (Å²) in [6.07, 6.45) is 4.36. The van der Waals surface area contributed by atoms with Crippen molar-refractivity contribution in [2.75, 3.05) is 17.6 Å². The van der Waals surface area contributed by atoms with E-state index in [2.05, 4.69) is 4.98 Å². The van der Waals surface area contributed by atoms with Crippen LogP contribution in [0.2, 0.25) is 0 Å². The summed E-state index contributed by atoms with van der Waals surface area (Å²) in [5.41, 5.74) is 1.52. The van der Waals surface area contributed by atoms with Crippen LogP contribution >= 0.6 is 0 Å². The predicted octanol–water partition coefficient (Wildman–Crippen LogP) is 0.786. The van der Waals surface area contributed by atoms with Gasteiger partial charge in [0.15, 0.2) is 0 Å². The third-order valence-corrected chi connectivity index (χ3v) is 2.93. The van der Waals surface area contributed by atoms with Crippen LogP contribution in [0.4, 0.5) is 5.69 Å². The fourth-order valence-corrected chi connectivity index (χ4v) is 1.39. The molecule has 0 spiro atoms. The standard InChI is InChI=1S/C8H12N2O2S/c1-7-4-8(6-9-5-7)10(2)13(3,11)12/h4-6H,1-3H3. The fourth-order valence-electron chi connectivity index (χ4n) is 0.903. The van der Waals surface area contributed by atoms with Crippen LogP contribution in [-0.4, -0.2) is 26.7 Å². The monoisotopic (exact) mass is 200 g/mol. The third-order valence-electron chi connectivity index (χ3n) is 1.72. The SMILES string of the molecule is Cc1cncc(N(C)S(C)(=O)=O)c1. The van der Waals surface area contributed by atoms with Crippen LogP contribution in [0.3, 0.4) is 0 Å². The quantitative estimate of drug-likeness (QED) is 0.709. The van der Waals surface area contributed by atoms with Gasteiger partial charge in [0.25, 0.3) is 0 Å². The molecular formula is C8H12N2O2S. The van der Waals surface area contributed by atoms with Gasteiger partial charge in [0.2, 0.25) is 10.0 Å². The van der Waals surface area contributed by atoms with Crippen LogP contribution < -0.4 is 4.31 Å². The molecule has 72 valence electrons. The maximum absolute atomic E-state index is 11.1. The lowest BCUT2D eigenvalue weighted by Crippen LogP contribution is -2.24. The van der Waals surface area contributed by atoms with Crippen LogP contribution in [-0.2, 0) is 10.0 Å². The van der Waals surface area contributed by atoms with Crippen molar-refractivity contribution < 1.29 is 8.42 Å². The highest BCUT2D eigenvalue weighted by atomic mass is 32.2. The van der Waals surface area contributed by atoms with Gasteiger partial charge in [0.05, 0.1) is 18.1 Å². The molecule has 4 nitrogen and oxygen atoms in total. The second kappa shape index (κ2) is 3.33. The molecule has 0 bridgehead atoms. The first-order valence-electron chi connectivity index (χ1n) is 3.77. The van der Waals surface area contributed by atoms with Crippen molar-refractivity contribution in [3.05, 3.63) is 24.0 Å². The lowest BCUT2D eigenvalue weighted by molar-refractivity contribution is 0.600. The van der Waals surface area contributed by atoms with Crippen molar-refractivity contribution in [3.8, 4) is 0 Å². The number of sulfonamides is 1. The molecule has 0 radical (unpaired) electrons. The molecule has 0 aliphatic carbocycles. The Morgan fingerprint density at radius 1 is 1.38 bits per heavy atom. The van der Waals surface area contributed by atoms with Crippen LogP contribution in [0.1, 0.15) is 5.56 Å². The van der Waals surface area contributed by atoms with Crippen molar-refractivity contribution in [1.82, 2.24) is 4.98 Å². The highest BCUT2D eigenvalue weighted by Crippen LogP contribution is 2.14. The maximum atomic E-state index is 11.1. The summed E-state index contributed by atoms with van der Waals surface area (Å²) in [6, 6.07) is 1.77. The molecule has 1 aromatic heterocycles. The summed E-state index contributed by atoms with van der Waals surface area (Å²) in [4.78, 5) is 3.91. The molecule has 13 heavy (non-hydrogen) atoms. The molecule has 0 aromatic carbocycles. The summed E-state index contributed by atoms with van der Waals surface area (Å²) in [5, 5.41) is 0. The first-order valence-corrected chi connectivity index (χ1v) is 5.61. The van der Waals surface area contributed by atoms with Crippen molar-refractivity contribution in [3.63, 3.8) is 0 Å². The molecule has 0 aliphatic heterocycles. The van der Waals surface area contributed by atoms with E-state index in [0.29, 0.717) is 5.69 Å². The highest BCUT2D eigenvalue weighted by molar-refractivity contribution is 7.92. The van der Waals surface area contributed by atoms with E-state index in [1.807, 2.05) is 6.92 Å². The van der Waals surface area contributed by atoms with Gasteiger partial charge >= 0.3 is 0 Å². The zero-order chi connectivity index (χ0) is 10.1. The summed E-state index contributed by atoms with van der Waals surface area (Å²) in [7, 11) is -1.67. The van der Waals surface area contributed by atoms with E-state index >= 15 is 0 Å². The minimum absolute atomic E-state index is 0.586. The molecule has 5 heteroatoms. The third kappa shape index (κ3) is 2.42. The molecule has 1 heterocycles. The Morgan fingerprint density at radius 2 is 2.00 bits per heavy atom. The lowest BCUT2D eigenvalue weighted by atomic mass is 10.3. The number of anilines is 1. The van der Waals surface area contributed by atoms with Gasteiger partial charge in [-0.05, 0) is 18.6 Å². The van der Waals surface area contributed by atoms with Gasteiger partial charge < -0.3 is 0 Å². The number of nitrogens with zero attached hydrogens (tertiary/aromatic N) is 2. The fraction of sp³-hybridized carbons (Fsp3) is 0.375. The van der Waals surface area contributed by atoms with E-state index in [4.69, 9.17) is 0 Å². The van der Waals surface area contributed by atoms with E-state index in [9.17, 15) is 8.42 Å². The summed E-state index contributed by atoms with van der Waals surface area (Å²) in [6.45, 7) is 1.87. The van der Waals surface area contributed by atoms with Crippen LogP contribution in [0, 0.1) is 6.92 Å². The smallest absolute Gasteiger partial charge is 0.232 e. The predicted molar refractivity (Wildman–Crippen MR) is 52.2 cm³/mol. The van der Waals surface area contributed by atoms with Gasteiger partial charge in [-0.2, -0.15) is 0 Å². The normalized spacial score (nSPS) is 11.3. The average molecular weight is 200 g/mol. The number of aryl methyl sites for hydroxylation is 1. The van der Waals surface area contributed by atoms with E-state index in [1.54, 1.807) is 12.3 Å². The Hall–Kier alpha value is -1.10. The summed E-state index contributed by atoms with van der Waals surface area (Å²) in [5.74, 6) is 0. The van der Waals surface area contributed by atoms with Crippen LogP contribution in [0.15, 0.2) is 18.5 Å². The largest absolute Gasteiger partial charge is 0.272 e. The van der Waals surface area contributed by atoms with E-state index in [1.165, 1.54) is 17.5 Å². The minimum atomic E-state index is -3.18. The molecule has 0 N–H and O–H groups in total. The molecule has 1 rings (SSSR count). The number of rotatable bonds is 2. The van der Waals surface area contributed by atoms with Gasteiger partial charge in [-0.3, -0.25) is 9.29 Å². The zero-order valence-electron chi connectivity index (χ0n) is 7.85. The maximum Gasteiger partial charge on any atom is 0.232 e. The Bertz CT molecular complexity index is 400. The van der Waals surface area contributed by atoms with Crippen LogP contribution in [0.5, 0.6) is 0 Å². The molecule has 0 saturated heterocycles. The zero-order valence-corrected chi connectivity index (χ0v) is 8.67. The number of hydrogen-bond acceptors (Lipinski definition) is 3. The Kier molecular flexibility index (Phi) is 2.56.